The van der Waals surface area contributed by atoms with Gasteiger partial charge in [-0.15, -0.1) is 5.10 Å². The minimum Gasteiger partial charge on any atom is -0.466 e. The number of anilines is 1. The summed E-state index contributed by atoms with van der Waals surface area (Å²) in [4.78, 5) is 52.5. The van der Waals surface area contributed by atoms with E-state index in [1.165, 1.54) is 11.0 Å². The van der Waals surface area contributed by atoms with Gasteiger partial charge in [-0.1, -0.05) is 6.07 Å². The highest BCUT2D eigenvalue weighted by Crippen LogP contribution is 2.14. The number of ether oxygens (including phenoxy) is 2. The highest BCUT2D eigenvalue weighted by atomic mass is 16.5. The number of carbonyl (C=O) groups is 4. The van der Waals surface area contributed by atoms with Crippen LogP contribution in [0.4, 0.5) is 5.69 Å². The van der Waals surface area contributed by atoms with Crippen LogP contribution in [0.3, 0.4) is 0 Å². The number of aryl methyl sites for hydroxylation is 2. The second-order valence-electron chi connectivity index (χ2n) is 7.23. The summed E-state index contributed by atoms with van der Waals surface area (Å²) in [7, 11) is 0. The number of rotatable bonds is 11. The smallest absolute Gasteiger partial charge is 0.328 e. The Kier molecular flexibility index (Phi) is 9.52. The molecule has 1 aromatic carbocycles. The third-order valence-electron chi connectivity index (χ3n) is 4.66. The molecule has 1 atom stereocenters. The maximum absolute atomic E-state index is 12.4. The van der Waals surface area contributed by atoms with E-state index in [1.54, 1.807) is 19.9 Å². The van der Waals surface area contributed by atoms with Crippen LogP contribution in [0.15, 0.2) is 24.5 Å². The largest absolute Gasteiger partial charge is 0.466 e. The van der Waals surface area contributed by atoms with E-state index in [0.29, 0.717) is 5.69 Å². The molecule has 0 radical (unpaired) electrons. The number of amides is 2. The maximum atomic E-state index is 12.4. The average Bonchev–Trinajstić information content (AvgIpc) is 3.22. The Morgan fingerprint density at radius 1 is 1.06 bits per heavy atom. The first-order valence-corrected chi connectivity index (χ1v) is 10.6. The van der Waals surface area contributed by atoms with Gasteiger partial charge in [-0.3, -0.25) is 14.4 Å². The molecular weight excluding hydrogens is 430 g/mol. The van der Waals surface area contributed by atoms with Crippen LogP contribution in [0.2, 0.25) is 0 Å². The number of aromatic nitrogens is 3. The van der Waals surface area contributed by atoms with Gasteiger partial charge in [-0.05, 0) is 57.4 Å². The maximum Gasteiger partial charge on any atom is 0.328 e. The lowest BCUT2D eigenvalue weighted by Crippen LogP contribution is -2.43. The molecule has 0 saturated heterocycles. The number of hydrogen-bond acceptors (Lipinski definition) is 8. The van der Waals surface area contributed by atoms with E-state index >= 15 is 0 Å². The molecule has 0 aliphatic carbocycles. The summed E-state index contributed by atoms with van der Waals surface area (Å²) in [5.74, 6) is -2.30. The zero-order valence-electron chi connectivity index (χ0n) is 19.2. The molecule has 11 heteroatoms. The average molecular weight is 460 g/mol. The SMILES string of the molecule is CCOC(=O)CC[C@H](NC(=O)Cn1cnc(C(=O)Nc2ccc(C)c(C)c2)n1)C(=O)OCC. The van der Waals surface area contributed by atoms with Crippen LogP contribution in [0.1, 0.15) is 48.4 Å². The fourth-order valence-corrected chi connectivity index (χ4v) is 2.86. The van der Waals surface area contributed by atoms with E-state index in [0.717, 1.165) is 11.1 Å². The number of benzene rings is 1. The van der Waals surface area contributed by atoms with Gasteiger partial charge >= 0.3 is 11.9 Å². The van der Waals surface area contributed by atoms with E-state index in [2.05, 4.69) is 20.7 Å². The summed E-state index contributed by atoms with van der Waals surface area (Å²) in [6.45, 7) is 7.30. The monoisotopic (exact) mass is 459 g/mol. The summed E-state index contributed by atoms with van der Waals surface area (Å²) in [6, 6.07) is 4.49. The van der Waals surface area contributed by atoms with Crippen LogP contribution in [-0.2, 0) is 30.4 Å². The van der Waals surface area contributed by atoms with E-state index in [-0.39, 0.29) is 38.4 Å². The molecule has 2 N–H and O–H groups in total. The molecule has 0 spiro atoms. The first-order chi connectivity index (χ1) is 15.7. The standard InChI is InChI=1S/C22H29N5O6/c1-5-32-19(29)10-9-17(22(31)33-6-2)25-18(28)12-27-13-23-20(26-27)21(30)24-16-8-7-14(3)15(4)11-16/h7-8,11,13,17H,5-6,9-10,12H2,1-4H3,(H,24,30)(H,25,28)/t17-/m0/s1. The fourth-order valence-electron chi connectivity index (χ4n) is 2.86. The molecule has 1 aromatic heterocycles. The van der Waals surface area contributed by atoms with Gasteiger partial charge in [-0.2, -0.15) is 0 Å². The van der Waals surface area contributed by atoms with Crippen molar-refractivity contribution in [2.75, 3.05) is 18.5 Å². The van der Waals surface area contributed by atoms with Crippen molar-refractivity contribution >= 4 is 29.4 Å². The van der Waals surface area contributed by atoms with E-state index < -0.39 is 29.8 Å². The molecular formula is C22H29N5O6. The predicted molar refractivity (Wildman–Crippen MR) is 118 cm³/mol. The molecule has 33 heavy (non-hydrogen) atoms. The van der Waals surface area contributed by atoms with Crippen LogP contribution in [0, 0.1) is 13.8 Å². The molecule has 0 aliphatic heterocycles. The highest BCUT2D eigenvalue weighted by molar-refractivity contribution is 6.01. The topological polar surface area (TPSA) is 142 Å². The molecule has 2 amide bonds. The molecule has 0 saturated carbocycles. The van der Waals surface area contributed by atoms with E-state index in [4.69, 9.17) is 9.47 Å². The lowest BCUT2D eigenvalue weighted by atomic mass is 10.1. The molecule has 11 nitrogen and oxygen atoms in total. The highest BCUT2D eigenvalue weighted by Gasteiger charge is 2.24. The molecule has 0 bridgehead atoms. The molecule has 178 valence electrons. The lowest BCUT2D eigenvalue weighted by Gasteiger charge is -2.16. The predicted octanol–water partition coefficient (Wildman–Crippen LogP) is 1.54. The molecule has 2 aromatic rings. The van der Waals surface area contributed by atoms with Crippen molar-refractivity contribution in [1.82, 2.24) is 20.1 Å². The van der Waals surface area contributed by atoms with Crippen molar-refractivity contribution in [1.29, 1.82) is 0 Å². The Labute approximate surface area is 191 Å². The first kappa shape index (κ1) is 25.5. The number of nitrogens with zero attached hydrogens (tertiary/aromatic N) is 3. The van der Waals surface area contributed by atoms with Crippen LogP contribution < -0.4 is 10.6 Å². The quantitative estimate of drug-likeness (QED) is 0.482. The molecule has 2 rings (SSSR count). The molecule has 0 unspecified atom stereocenters. The van der Waals surface area contributed by atoms with Gasteiger partial charge in [0.05, 0.1) is 13.2 Å². The van der Waals surface area contributed by atoms with Crippen LogP contribution in [-0.4, -0.2) is 57.8 Å². The van der Waals surface area contributed by atoms with Crippen molar-refractivity contribution in [2.24, 2.45) is 0 Å². The van der Waals surface area contributed by atoms with E-state index in [9.17, 15) is 19.2 Å². The van der Waals surface area contributed by atoms with Gasteiger partial charge in [0.25, 0.3) is 5.91 Å². The van der Waals surface area contributed by atoms with Gasteiger partial charge in [0.1, 0.15) is 18.9 Å². The summed E-state index contributed by atoms with van der Waals surface area (Å²) < 4.78 is 11.0. The van der Waals surface area contributed by atoms with Crippen molar-refractivity contribution < 1.29 is 28.7 Å². The zero-order chi connectivity index (χ0) is 24.4. The third kappa shape index (κ3) is 8.02. The minimum atomic E-state index is -1.02. The molecule has 0 aliphatic rings. The zero-order valence-corrected chi connectivity index (χ0v) is 19.2. The van der Waals surface area contributed by atoms with Gasteiger partial charge in [0.15, 0.2) is 0 Å². The Balaban J connectivity index is 1.96. The second kappa shape index (κ2) is 12.3. The van der Waals surface area contributed by atoms with Gasteiger partial charge in [-0.25, -0.2) is 14.5 Å². The van der Waals surface area contributed by atoms with Crippen molar-refractivity contribution in [3.05, 3.63) is 41.5 Å². The second-order valence-corrected chi connectivity index (χ2v) is 7.23. The lowest BCUT2D eigenvalue weighted by molar-refractivity contribution is -0.148. The number of carbonyl (C=O) groups excluding carboxylic acids is 4. The minimum absolute atomic E-state index is 0.0321. The van der Waals surface area contributed by atoms with Crippen molar-refractivity contribution in [3.8, 4) is 0 Å². The summed E-state index contributed by atoms with van der Waals surface area (Å²) >= 11 is 0. The molecule has 0 fully saturated rings. The molecule has 1 heterocycles. The van der Waals surface area contributed by atoms with Gasteiger partial charge in [0.2, 0.25) is 11.7 Å². The normalized spacial score (nSPS) is 11.4. The van der Waals surface area contributed by atoms with Gasteiger partial charge in [0, 0.05) is 12.1 Å². The third-order valence-corrected chi connectivity index (χ3v) is 4.66. The number of hydrogen-bond donors (Lipinski definition) is 2. The Morgan fingerprint density at radius 2 is 1.79 bits per heavy atom. The Hall–Kier alpha value is -3.76. The summed E-state index contributed by atoms with van der Waals surface area (Å²) in [5.41, 5.74) is 2.74. The fraction of sp³-hybridized carbons (Fsp3) is 0.455. The van der Waals surface area contributed by atoms with E-state index in [1.807, 2.05) is 26.0 Å². The van der Waals surface area contributed by atoms with Gasteiger partial charge < -0.3 is 20.1 Å². The Morgan fingerprint density at radius 3 is 2.45 bits per heavy atom. The summed E-state index contributed by atoms with van der Waals surface area (Å²) in [6.07, 6.45) is 1.22. The van der Waals surface area contributed by atoms with Crippen LogP contribution in [0.25, 0.3) is 0 Å². The number of esters is 2. The van der Waals surface area contributed by atoms with Crippen LogP contribution in [0.5, 0.6) is 0 Å². The Bertz CT molecular complexity index is 1000. The van der Waals surface area contributed by atoms with Crippen molar-refractivity contribution in [2.45, 2.75) is 53.1 Å². The number of nitrogens with one attached hydrogen (secondary N) is 2. The van der Waals surface area contributed by atoms with Crippen molar-refractivity contribution in [3.63, 3.8) is 0 Å². The van der Waals surface area contributed by atoms with Crippen LogP contribution >= 0.6 is 0 Å². The summed E-state index contributed by atoms with van der Waals surface area (Å²) in [5, 5.41) is 9.25. The first-order valence-electron chi connectivity index (χ1n) is 10.6.